The van der Waals surface area contributed by atoms with Gasteiger partial charge in [-0.2, -0.15) is 9.78 Å². The van der Waals surface area contributed by atoms with Gasteiger partial charge in [0.1, 0.15) is 5.75 Å². The van der Waals surface area contributed by atoms with Crippen LogP contribution in [-0.4, -0.2) is 35.9 Å². The van der Waals surface area contributed by atoms with Crippen molar-refractivity contribution in [1.29, 1.82) is 0 Å². The topological polar surface area (TPSA) is 94.5 Å². The number of hydrogen-bond acceptors (Lipinski definition) is 6. The van der Waals surface area contributed by atoms with E-state index in [4.69, 9.17) is 21.1 Å². The first-order valence-corrected chi connectivity index (χ1v) is 11.6. The van der Waals surface area contributed by atoms with Crippen molar-refractivity contribution in [3.05, 3.63) is 105 Å². The summed E-state index contributed by atoms with van der Waals surface area (Å²) >= 11 is 6.00. The summed E-state index contributed by atoms with van der Waals surface area (Å²) in [5, 5.41) is 10.8. The zero-order valence-electron chi connectivity index (χ0n) is 19.8. The molecule has 184 valence electrons. The second-order valence-electron chi connectivity index (χ2n) is 7.95. The van der Waals surface area contributed by atoms with Crippen LogP contribution in [0.2, 0.25) is 5.02 Å². The Morgan fingerprint density at radius 3 is 2.50 bits per heavy atom. The molecule has 2 N–H and O–H groups in total. The van der Waals surface area contributed by atoms with Crippen LogP contribution in [0.5, 0.6) is 11.5 Å². The molecule has 0 aliphatic rings. The standard InChI is InChI=1S/C27H25ClN4O4/c1-18-4-3-5-23(16-18)36-24-17-30-32(22-12-8-20(28)9-13-22)27(34)25(24)31-21-10-6-19(7-11-21)26(33)29-14-15-35-2/h3-13,16-17,31H,14-15H2,1-2H3,(H,29,33). The molecule has 1 amide bonds. The molecule has 0 aliphatic carbocycles. The van der Waals surface area contributed by atoms with Crippen LogP contribution in [-0.2, 0) is 4.74 Å². The monoisotopic (exact) mass is 504 g/mol. The van der Waals surface area contributed by atoms with Gasteiger partial charge in [-0.1, -0.05) is 23.7 Å². The van der Waals surface area contributed by atoms with Crippen LogP contribution in [0.1, 0.15) is 15.9 Å². The number of aryl methyl sites for hydroxylation is 1. The van der Waals surface area contributed by atoms with E-state index < -0.39 is 5.56 Å². The van der Waals surface area contributed by atoms with Gasteiger partial charge in [0.2, 0.25) is 0 Å². The highest BCUT2D eigenvalue weighted by Gasteiger charge is 2.16. The first kappa shape index (κ1) is 25.0. The Hall–Kier alpha value is -4.14. The third-order valence-electron chi connectivity index (χ3n) is 5.24. The molecule has 4 aromatic rings. The van der Waals surface area contributed by atoms with Crippen LogP contribution in [0.15, 0.2) is 83.8 Å². The number of anilines is 2. The Morgan fingerprint density at radius 1 is 1.06 bits per heavy atom. The number of rotatable bonds is 9. The van der Waals surface area contributed by atoms with Gasteiger partial charge in [0.25, 0.3) is 11.5 Å². The number of carbonyl (C=O) groups excluding carboxylic acids is 1. The van der Waals surface area contributed by atoms with E-state index >= 15 is 0 Å². The number of nitrogens with zero attached hydrogens (tertiary/aromatic N) is 2. The first-order valence-electron chi connectivity index (χ1n) is 11.2. The Morgan fingerprint density at radius 2 is 1.81 bits per heavy atom. The molecule has 8 nitrogen and oxygen atoms in total. The zero-order chi connectivity index (χ0) is 25.5. The second kappa shape index (κ2) is 11.5. The Labute approximate surface area is 213 Å². The molecule has 0 saturated carbocycles. The highest BCUT2D eigenvalue weighted by Crippen LogP contribution is 2.29. The predicted molar refractivity (Wildman–Crippen MR) is 140 cm³/mol. The van der Waals surface area contributed by atoms with Gasteiger partial charge in [0, 0.05) is 29.9 Å². The Balaban J connectivity index is 1.67. The highest BCUT2D eigenvalue weighted by molar-refractivity contribution is 6.30. The molecule has 0 unspecified atom stereocenters. The molecule has 1 heterocycles. The summed E-state index contributed by atoms with van der Waals surface area (Å²) in [7, 11) is 1.57. The van der Waals surface area contributed by atoms with Gasteiger partial charge in [0.15, 0.2) is 11.4 Å². The van der Waals surface area contributed by atoms with Gasteiger partial charge in [-0.15, -0.1) is 0 Å². The van der Waals surface area contributed by atoms with Gasteiger partial charge in [-0.05, 0) is 73.2 Å². The predicted octanol–water partition coefficient (Wildman–Crippen LogP) is 5.11. The Kier molecular flexibility index (Phi) is 7.99. The Bertz CT molecular complexity index is 1400. The maximum atomic E-state index is 13.5. The number of nitrogens with one attached hydrogen (secondary N) is 2. The molecule has 0 spiro atoms. The molecule has 0 radical (unpaired) electrons. The van der Waals surface area contributed by atoms with Crippen molar-refractivity contribution in [2.45, 2.75) is 6.92 Å². The van der Waals surface area contributed by atoms with E-state index in [1.54, 1.807) is 61.7 Å². The summed E-state index contributed by atoms with van der Waals surface area (Å²) < 4.78 is 12.3. The minimum atomic E-state index is -0.413. The van der Waals surface area contributed by atoms with E-state index in [0.717, 1.165) is 5.56 Å². The van der Waals surface area contributed by atoms with E-state index in [1.807, 2.05) is 25.1 Å². The second-order valence-corrected chi connectivity index (χ2v) is 8.38. The van der Waals surface area contributed by atoms with E-state index in [9.17, 15) is 9.59 Å². The van der Waals surface area contributed by atoms with Crippen molar-refractivity contribution >= 4 is 28.9 Å². The third kappa shape index (κ3) is 6.10. The van der Waals surface area contributed by atoms with Crippen molar-refractivity contribution in [3.63, 3.8) is 0 Å². The van der Waals surface area contributed by atoms with Crippen LogP contribution in [0.3, 0.4) is 0 Å². The van der Waals surface area contributed by atoms with E-state index in [2.05, 4.69) is 15.7 Å². The lowest BCUT2D eigenvalue weighted by Crippen LogP contribution is -2.26. The lowest BCUT2D eigenvalue weighted by Gasteiger charge is -2.15. The van der Waals surface area contributed by atoms with Crippen LogP contribution >= 0.6 is 11.6 Å². The summed E-state index contributed by atoms with van der Waals surface area (Å²) in [6.45, 7) is 2.79. The fourth-order valence-corrected chi connectivity index (χ4v) is 3.55. The number of carbonyl (C=O) groups is 1. The van der Waals surface area contributed by atoms with Crippen LogP contribution in [0.25, 0.3) is 5.69 Å². The molecule has 3 aromatic carbocycles. The molecule has 0 saturated heterocycles. The van der Waals surface area contributed by atoms with Crippen molar-refractivity contribution in [2.24, 2.45) is 0 Å². The van der Waals surface area contributed by atoms with Crippen molar-refractivity contribution in [1.82, 2.24) is 15.1 Å². The van der Waals surface area contributed by atoms with Gasteiger partial charge in [-0.3, -0.25) is 9.59 Å². The van der Waals surface area contributed by atoms with Crippen LogP contribution in [0, 0.1) is 6.92 Å². The lowest BCUT2D eigenvalue weighted by atomic mass is 10.2. The summed E-state index contributed by atoms with van der Waals surface area (Å²) in [4.78, 5) is 25.8. The van der Waals surface area contributed by atoms with E-state index in [0.29, 0.717) is 40.9 Å². The number of hydrogen-bond donors (Lipinski definition) is 2. The summed E-state index contributed by atoms with van der Waals surface area (Å²) in [5.74, 6) is 0.625. The normalized spacial score (nSPS) is 10.6. The maximum absolute atomic E-state index is 13.5. The molecule has 36 heavy (non-hydrogen) atoms. The molecule has 9 heteroatoms. The van der Waals surface area contributed by atoms with Gasteiger partial charge < -0.3 is 20.1 Å². The smallest absolute Gasteiger partial charge is 0.299 e. The van der Waals surface area contributed by atoms with Gasteiger partial charge in [-0.25, -0.2) is 0 Å². The summed E-state index contributed by atoms with van der Waals surface area (Å²) in [5.41, 5.74) is 2.44. The molecular weight excluding hydrogens is 480 g/mol. The molecule has 0 bridgehead atoms. The highest BCUT2D eigenvalue weighted by atomic mass is 35.5. The molecule has 4 rings (SSSR count). The van der Waals surface area contributed by atoms with Gasteiger partial charge >= 0.3 is 0 Å². The number of benzene rings is 3. The molecule has 1 aromatic heterocycles. The van der Waals surface area contributed by atoms with Crippen molar-refractivity contribution < 1.29 is 14.3 Å². The van der Waals surface area contributed by atoms with E-state index in [1.165, 1.54) is 10.9 Å². The van der Waals surface area contributed by atoms with E-state index in [-0.39, 0.29) is 17.3 Å². The number of ether oxygens (including phenoxy) is 2. The van der Waals surface area contributed by atoms with Crippen LogP contribution in [0.4, 0.5) is 11.4 Å². The van der Waals surface area contributed by atoms with Crippen molar-refractivity contribution in [3.8, 4) is 17.2 Å². The third-order valence-corrected chi connectivity index (χ3v) is 5.49. The summed E-state index contributed by atoms with van der Waals surface area (Å²) in [6, 6.07) is 21.1. The molecule has 0 aliphatic heterocycles. The average Bonchev–Trinajstić information content (AvgIpc) is 2.87. The van der Waals surface area contributed by atoms with Crippen molar-refractivity contribution in [2.75, 3.05) is 25.6 Å². The van der Waals surface area contributed by atoms with Crippen LogP contribution < -0.4 is 20.9 Å². The van der Waals surface area contributed by atoms with Gasteiger partial charge in [0.05, 0.1) is 18.5 Å². The molecule has 0 fully saturated rings. The minimum Gasteiger partial charge on any atom is -0.453 e. The molecule has 0 atom stereocenters. The number of amides is 1. The fourth-order valence-electron chi connectivity index (χ4n) is 3.42. The quantitative estimate of drug-likeness (QED) is 0.308. The zero-order valence-corrected chi connectivity index (χ0v) is 20.6. The average molecular weight is 505 g/mol. The summed E-state index contributed by atoms with van der Waals surface area (Å²) in [6.07, 6.45) is 1.48. The first-order chi connectivity index (χ1) is 17.4. The fraction of sp³-hybridized carbons (Fsp3) is 0.148. The molecular formula is C27H25ClN4O4. The lowest BCUT2D eigenvalue weighted by molar-refractivity contribution is 0.0937. The number of methoxy groups -OCH3 is 1. The number of halogens is 1. The minimum absolute atomic E-state index is 0.193. The SMILES string of the molecule is COCCNC(=O)c1ccc(Nc2c(Oc3cccc(C)c3)cnn(-c3ccc(Cl)cc3)c2=O)cc1. The maximum Gasteiger partial charge on any atom is 0.299 e. The largest absolute Gasteiger partial charge is 0.453 e. The number of aromatic nitrogens is 2.